The second-order valence-electron chi connectivity index (χ2n) is 7.41. The first kappa shape index (κ1) is 22.4. The Morgan fingerprint density at radius 2 is 1.55 bits per heavy atom. The lowest BCUT2D eigenvalue weighted by atomic mass is 9.97. The van der Waals surface area contributed by atoms with Gasteiger partial charge in [0.15, 0.2) is 0 Å². The molecule has 0 radical (unpaired) electrons. The number of nitrogens with one attached hydrogen (secondary N) is 1. The average Bonchev–Trinajstić information content (AvgIpc) is 2.81. The molecule has 0 aromatic heterocycles. The molecule has 0 fully saturated rings. The van der Waals surface area contributed by atoms with Gasteiger partial charge < -0.3 is 9.47 Å². The topological polar surface area (TPSA) is 67.8 Å². The van der Waals surface area contributed by atoms with Crippen molar-refractivity contribution in [1.82, 2.24) is 5.48 Å². The summed E-state index contributed by atoms with van der Waals surface area (Å²) in [4.78, 5) is 10.9. The third-order valence-corrected chi connectivity index (χ3v) is 5.19. The molecule has 0 unspecified atom stereocenters. The highest BCUT2D eigenvalue weighted by atomic mass is 16.5. The molecule has 0 bridgehead atoms. The first-order valence-electron chi connectivity index (χ1n) is 10.6. The number of ether oxygens (including phenoxy) is 2. The third kappa shape index (κ3) is 6.86. The zero-order valence-corrected chi connectivity index (χ0v) is 17.8. The maximum atomic E-state index is 10.9. The predicted molar refractivity (Wildman–Crippen MR) is 121 cm³/mol. The van der Waals surface area contributed by atoms with Crippen molar-refractivity contribution in [1.29, 1.82) is 0 Å². The minimum absolute atomic E-state index is 0.330. The number of unbranched alkanes of at least 4 members (excludes halogenated alkanes) is 2. The first-order valence-corrected chi connectivity index (χ1v) is 10.6. The van der Waals surface area contributed by atoms with E-state index in [2.05, 4.69) is 49.4 Å². The second kappa shape index (κ2) is 11.8. The Balaban J connectivity index is 1.46. The molecule has 0 aliphatic rings. The minimum atomic E-state index is -0.349. The van der Waals surface area contributed by atoms with Gasteiger partial charge in [0.25, 0.3) is 0 Å². The SMILES string of the molecule is Cc1c(COc2ccc(OCCCCCC(=O)NO)cc2)cccc1-c1ccccc1. The van der Waals surface area contributed by atoms with Crippen molar-refractivity contribution in [3.05, 3.63) is 83.9 Å². The zero-order chi connectivity index (χ0) is 21.9. The number of rotatable bonds is 11. The highest BCUT2D eigenvalue weighted by Crippen LogP contribution is 2.26. The fourth-order valence-corrected chi connectivity index (χ4v) is 3.37. The number of amides is 1. The highest BCUT2D eigenvalue weighted by Gasteiger charge is 2.07. The molecule has 162 valence electrons. The van der Waals surface area contributed by atoms with Gasteiger partial charge in [-0.3, -0.25) is 10.0 Å². The van der Waals surface area contributed by atoms with Gasteiger partial charge in [-0.25, -0.2) is 5.48 Å². The Bertz CT molecular complexity index is 955. The molecule has 31 heavy (non-hydrogen) atoms. The van der Waals surface area contributed by atoms with Crippen molar-refractivity contribution >= 4 is 5.91 Å². The molecule has 2 N–H and O–H groups in total. The van der Waals surface area contributed by atoms with Crippen molar-refractivity contribution in [2.24, 2.45) is 0 Å². The van der Waals surface area contributed by atoms with Crippen molar-refractivity contribution in [2.45, 2.75) is 39.2 Å². The van der Waals surface area contributed by atoms with Gasteiger partial charge >= 0.3 is 0 Å². The molecular weight excluding hydrogens is 390 g/mol. The van der Waals surface area contributed by atoms with Crippen LogP contribution in [0.4, 0.5) is 0 Å². The molecule has 5 heteroatoms. The summed E-state index contributed by atoms with van der Waals surface area (Å²) >= 11 is 0. The molecule has 3 aromatic carbocycles. The predicted octanol–water partition coefficient (Wildman–Crippen LogP) is 5.69. The third-order valence-electron chi connectivity index (χ3n) is 5.19. The summed E-state index contributed by atoms with van der Waals surface area (Å²) in [6.45, 7) is 3.23. The number of carbonyl (C=O) groups excluding carboxylic acids is 1. The maximum absolute atomic E-state index is 10.9. The van der Waals surface area contributed by atoms with Crippen LogP contribution in [0.1, 0.15) is 36.8 Å². The highest BCUT2D eigenvalue weighted by molar-refractivity contribution is 5.74. The van der Waals surface area contributed by atoms with Gasteiger partial charge in [0.1, 0.15) is 18.1 Å². The molecule has 0 saturated carbocycles. The van der Waals surface area contributed by atoms with Crippen LogP contribution in [0.25, 0.3) is 11.1 Å². The standard InChI is InChI=1S/C26H29NO4/c1-20-22(11-8-12-25(20)21-9-4-2-5-10-21)19-31-24-16-14-23(15-17-24)30-18-7-3-6-13-26(28)27-29/h2,4-5,8-12,14-17,29H,3,6-7,13,18-19H2,1H3,(H,27,28). The summed E-state index contributed by atoms with van der Waals surface area (Å²) in [5.74, 6) is 1.24. The van der Waals surface area contributed by atoms with Crippen molar-refractivity contribution in [3.8, 4) is 22.6 Å². The average molecular weight is 420 g/mol. The van der Waals surface area contributed by atoms with Crippen molar-refractivity contribution < 1.29 is 19.5 Å². The molecule has 3 aromatic rings. The van der Waals surface area contributed by atoms with Crippen LogP contribution >= 0.6 is 0 Å². The number of hydroxylamine groups is 1. The van der Waals surface area contributed by atoms with Crippen LogP contribution in [0.2, 0.25) is 0 Å². The monoisotopic (exact) mass is 419 g/mol. The smallest absolute Gasteiger partial charge is 0.243 e. The molecule has 1 amide bonds. The molecule has 0 spiro atoms. The molecule has 0 aliphatic carbocycles. The summed E-state index contributed by atoms with van der Waals surface area (Å²) in [6.07, 6.45) is 2.79. The zero-order valence-electron chi connectivity index (χ0n) is 17.8. The van der Waals surface area contributed by atoms with E-state index in [9.17, 15) is 4.79 Å². The molecular formula is C26H29NO4. The second-order valence-corrected chi connectivity index (χ2v) is 7.41. The maximum Gasteiger partial charge on any atom is 0.243 e. The summed E-state index contributed by atoms with van der Waals surface area (Å²) in [5, 5.41) is 8.45. The van der Waals surface area contributed by atoms with Gasteiger partial charge in [-0.2, -0.15) is 0 Å². The minimum Gasteiger partial charge on any atom is -0.494 e. The van der Waals surface area contributed by atoms with E-state index < -0.39 is 0 Å². The van der Waals surface area contributed by atoms with E-state index in [0.717, 1.165) is 36.3 Å². The fraction of sp³-hybridized carbons (Fsp3) is 0.269. The Morgan fingerprint density at radius 1 is 0.839 bits per heavy atom. The Labute approximate surface area is 183 Å². The Hall–Kier alpha value is -3.31. The first-order chi connectivity index (χ1) is 15.2. The Morgan fingerprint density at radius 3 is 2.26 bits per heavy atom. The summed E-state index contributed by atoms with van der Waals surface area (Å²) in [5.41, 5.74) is 6.46. The van der Waals surface area contributed by atoms with E-state index in [1.165, 1.54) is 16.7 Å². The molecule has 0 heterocycles. The van der Waals surface area contributed by atoms with Gasteiger partial charge in [-0.05, 0) is 72.7 Å². The number of carbonyl (C=O) groups is 1. The van der Waals surface area contributed by atoms with Gasteiger partial charge in [-0.1, -0.05) is 48.5 Å². The van der Waals surface area contributed by atoms with E-state index in [1.807, 2.05) is 30.3 Å². The lowest BCUT2D eigenvalue weighted by Gasteiger charge is -2.13. The molecule has 0 saturated heterocycles. The lowest BCUT2D eigenvalue weighted by molar-refractivity contribution is -0.129. The van der Waals surface area contributed by atoms with E-state index >= 15 is 0 Å². The fourth-order valence-electron chi connectivity index (χ4n) is 3.37. The van der Waals surface area contributed by atoms with Crippen LogP contribution in [0.15, 0.2) is 72.8 Å². The van der Waals surface area contributed by atoms with Gasteiger partial charge in [0.05, 0.1) is 6.61 Å². The van der Waals surface area contributed by atoms with E-state index in [0.29, 0.717) is 19.6 Å². The molecule has 0 atom stereocenters. The lowest BCUT2D eigenvalue weighted by Crippen LogP contribution is -2.17. The molecule has 3 rings (SSSR count). The number of hydrogen-bond acceptors (Lipinski definition) is 4. The van der Waals surface area contributed by atoms with Gasteiger partial charge in [-0.15, -0.1) is 0 Å². The molecule has 0 aliphatic heterocycles. The quantitative estimate of drug-likeness (QED) is 0.238. The summed E-state index contributed by atoms with van der Waals surface area (Å²) < 4.78 is 11.7. The number of hydrogen-bond donors (Lipinski definition) is 2. The Kier molecular flexibility index (Phi) is 8.49. The van der Waals surface area contributed by atoms with Gasteiger partial charge in [0, 0.05) is 6.42 Å². The van der Waals surface area contributed by atoms with Gasteiger partial charge in [0.2, 0.25) is 5.91 Å². The largest absolute Gasteiger partial charge is 0.494 e. The number of benzene rings is 3. The van der Waals surface area contributed by atoms with Crippen molar-refractivity contribution in [3.63, 3.8) is 0 Å². The van der Waals surface area contributed by atoms with E-state index in [-0.39, 0.29) is 5.91 Å². The summed E-state index contributed by atoms with van der Waals surface area (Å²) in [6, 6.07) is 24.3. The normalized spacial score (nSPS) is 10.5. The van der Waals surface area contributed by atoms with Crippen LogP contribution < -0.4 is 15.0 Å². The van der Waals surface area contributed by atoms with E-state index in [1.54, 1.807) is 5.48 Å². The van der Waals surface area contributed by atoms with Crippen LogP contribution in [0.3, 0.4) is 0 Å². The van der Waals surface area contributed by atoms with Crippen molar-refractivity contribution in [2.75, 3.05) is 6.61 Å². The van der Waals surface area contributed by atoms with E-state index in [4.69, 9.17) is 14.7 Å². The van der Waals surface area contributed by atoms with Crippen LogP contribution in [-0.4, -0.2) is 17.7 Å². The van der Waals surface area contributed by atoms with Crippen LogP contribution in [0, 0.1) is 6.92 Å². The van der Waals surface area contributed by atoms with Crippen LogP contribution in [-0.2, 0) is 11.4 Å². The molecule has 5 nitrogen and oxygen atoms in total. The summed E-state index contributed by atoms with van der Waals surface area (Å²) in [7, 11) is 0. The van der Waals surface area contributed by atoms with Crippen LogP contribution in [0.5, 0.6) is 11.5 Å².